The summed E-state index contributed by atoms with van der Waals surface area (Å²) < 4.78 is 13.3. The van der Waals surface area contributed by atoms with E-state index in [9.17, 15) is 9.18 Å². The van der Waals surface area contributed by atoms with Crippen molar-refractivity contribution >= 4 is 23.5 Å². The third-order valence-electron chi connectivity index (χ3n) is 5.79. The highest BCUT2D eigenvalue weighted by Gasteiger charge is 2.26. The average Bonchev–Trinajstić information content (AvgIpc) is 2.83. The van der Waals surface area contributed by atoms with Crippen molar-refractivity contribution in [3.63, 3.8) is 0 Å². The molecule has 2 aromatic carbocycles. The van der Waals surface area contributed by atoms with Crippen molar-refractivity contribution in [1.29, 1.82) is 0 Å². The largest absolute Gasteiger partial charge is 0.355 e. The number of nitrogens with one attached hydrogen (secondary N) is 1. The molecule has 1 aliphatic rings. The van der Waals surface area contributed by atoms with Gasteiger partial charge in [0.1, 0.15) is 10.8 Å². The number of rotatable bonds is 7. The lowest BCUT2D eigenvalue weighted by Gasteiger charge is -2.32. The first-order chi connectivity index (χ1) is 15.6. The molecule has 1 saturated heterocycles. The lowest BCUT2D eigenvalue weighted by atomic mass is 9.95. The van der Waals surface area contributed by atoms with Crippen LogP contribution in [0.2, 0.25) is 0 Å². The number of halogens is 1. The molecule has 1 fully saturated rings. The Morgan fingerprint density at radius 3 is 2.56 bits per heavy atom. The van der Waals surface area contributed by atoms with Crippen LogP contribution in [0.3, 0.4) is 0 Å². The Hall–Kier alpha value is -2.93. The monoisotopic (exact) mass is 450 g/mol. The Morgan fingerprint density at radius 1 is 1.09 bits per heavy atom. The molecular formula is C25H27FN4OS. The van der Waals surface area contributed by atoms with Gasteiger partial charge in [0.2, 0.25) is 5.91 Å². The molecule has 0 aliphatic carbocycles. The predicted octanol–water partition coefficient (Wildman–Crippen LogP) is 4.90. The molecule has 0 saturated carbocycles. The molecule has 1 amide bonds. The second-order valence-electron chi connectivity index (χ2n) is 8.11. The first kappa shape index (κ1) is 22.3. The Kier molecular flexibility index (Phi) is 7.37. The van der Waals surface area contributed by atoms with Crippen LogP contribution in [-0.2, 0) is 4.79 Å². The molecule has 3 aromatic rings. The zero-order valence-electron chi connectivity index (χ0n) is 18.1. The summed E-state index contributed by atoms with van der Waals surface area (Å²) in [4.78, 5) is 15.6. The van der Waals surface area contributed by atoms with Gasteiger partial charge in [-0.2, -0.15) is 0 Å². The molecule has 5 nitrogen and oxygen atoms in total. The molecule has 1 aliphatic heterocycles. The summed E-state index contributed by atoms with van der Waals surface area (Å²) in [6.45, 7) is 4.33. The van der Waals surface area contributed by atoms with Crippen molar-refractivity contribution in [3.8, 4) is 0 Å². The van der Waals surface area contributed by atoms with Crippen molar-refractivity contribution in [1.82, 2.24) is 15.5 Å². The number of nitrogens with zero attached hydrogens (tertiary/aromatic N) is 3. The Labute approximate surface area is 192 Å². The zero-order valence-corrected chi connectivity index (χ0v) is 18.9. The summed E-state index contributed by atoms with van der Waals surface area (Å²) in [7, 11) is 0. The highest BCUT2D eigenvalue weighted by atomic mass is 32.2. The maximum absolute atomic E-state index is 13.3. The van der Waals surface area contributed by atoms with Gasteiger partial charge >= 0.3 is 0 Å². The summed E-state index contributed by atoms with van der Waals surface area (Å²) in [6, 6.07) is 20.5. The van der Waals surface area contributed by atoms with E-state index < -0.39 is 0 Å². The molecule has 2 heterocycles. The van der Waals surface area contributed by atoms with E-state index in [1.54, 1.807) is 6.07 Å². The van der Waals surface area contributed by atoms with Crippen LogP contribution < -0.4 is 10.2 Å². The molecule has 4 rings (SSSR count). The van der Waals surface area contributed by atoms with Gasteiger partial charge in [-0.25, -0.2) is 4.39 Å². The van der Waals surface area contributed by atoms with Crippen molar-refractivity contribution in [2.45, 2.75) is 35.6 Å². The summed E-state index contributed by atoms with van der Waals surface area (Å²) in [6.07, 6.45) is 1.60. The van der Waals surface area contributed by atoms with E-state index in [0.29, 0.717) is 12.5 Å². The summed E-state index contributed by atoms with van der Waals surface area (Å²) >= 11 is 1.38. The van der Waals surface area contributed by atoms with Gasteiger partial charge in [0.05, 0.1) is 0 Å². The highest BCUT2D eigenvalue weighted by molar-refractivity contribution is 7.99. The molecule has 166 valence electrons. The summed E-state index contributed by atoms with van der Waals surface area (Å²) in [5, 5.41) is 12.5. The Morgan fingerprint density at radius 2 is 1.88 bits per heavy atom. The number of carbonyl (C=O) groups is 1. The van der Waals surface area contributed by atoms with Crippen LogP contribution >= 0.6 is 11.8 Å². The number of aromatic nitrogens is 2. The van der Waals surface area contributed by atoms with Crippen LogP contribution in [0.4, 0.5) is 10.2 Å². The molecule has 32 heavy (non-hydrogen) atoms. The van der Waals surface area contributed by atoms with E-state index in [-0.39, 0.29) is 17.6 Å². The fourth-order valence-corrected chi connectivity index (χ4v) is 4.63. The van der Waals surface area contributed by atoms with Gasteiger partial charge in [-0.05, 0) is 54.7 Å². The van der Waals surface area contributed by atoms with E-state index in [0.717, 1.165) is 41.7 Å². The normalized spacial score (nSPS) is 15.4. The van der Waals surface area contributed by atoms with Crippen LogP contribution in [0.5, 0.6) is 0 Å². The number of hydrogen-bond acceptors (Lipinski definition) is 5. The lowest BCUT2D eigenvalue weighted by Crippen LogP contribution is -2.41. The smallest absolute Gasteiger partial charge is 0.223 e. The molecule has 0 spiro atoms. The van der Waals surface area contributed by atoms with E-state index in [1.807, 2.05) is 36.4 Å². The van der Waals surface area contributed by atoms with Gasteiger partial charge in [0.25, 0.3) is 0 Å². The molecular weight excluding hydrogens is 423 g/mol. The van der Waals surface area contributed by atoms with E-state index in [2.05, 4.69) is 39.5 Å². The lowest BCUT2D eigenvalue weighted by molar-refractivity contribution is -0.125. The first-order valence-corrected chi connectivity index (χ1v) is 11.7. The topological polar surface area (TPSA) is 58.1 Å². The average molecular weight is 451 g/mol. The van der Waals surface area contributed by atoms with Gasteiger partial charge in [0.15, 0.2) is 5.82 Å². The van der Waals surface area contributed by atoms with Crippen LogP contribution in [0, 0.1) is 11.7 Å². The summed E-state index contributed by atoms with van der Waals surface area (Å²) in [5.41, 5.74) is 1.24. The van der Waals surface area contributed by atoms with Crippen molar-refractivity contribution in [3.05, 3.63) is 78.1 Å². The SMILES string of the molecule is C[C@@H](CNC(=O)C1CCN(c2ccc(Sc3cccc(F)c3)nn2)CC1)c1ccccc1. The van der Waals surface area contributed by atoms with E-state index >= 15 is 0 Å². The van der Waals surface area contributed by atoms with Crippen molar-refractivity contribution in [2.75, 3.05) is 24.5 Å². The number of piperidine rings is 1. The van der Waals surface area contributed by atoms with Gasteiger partial charge in [-0.15, -0.1) is 10.2 Å². The Bertz CT molecular complexity index is 1020. The maximum Gasteiger partial charge on any atom is 0.223 e. The minimum atomic E-state index is -0.263. The zero-order chi connectivity index (χ0) is 22.3. The second kappa shape index (κ2) is 10.6. The number of anilines is 1. The molecule has 0 radical (unpaired) electrons. The number of benzene rings is 2. The highest BCUT2D eigenvalue weighted by Crippen LogP contribution is 2.28. The quantitative estimate of drug-likeness (QED) is 0.555. The molecule has 1 N–H and O–H groups in total. The van der Waals surface area contributed by atoms with Crippen LogP contribution in [-0.4, -0.2) is 35.7 Å². The van der Waals surface area contributed by atoms with Gasteiger partial charge in [0, 0.05) is 30.4 Å². The number of carbonyl (C=O) groups excluding carboxylic acids is 1. The summed E-state index contributed by atoms with van der Waals surface area (Å²) in [5.74, 6) is 1.01. The van der Waals surface area contributed by atoms with Gasteiger partial charge < -0.3 is 10.2 Å². The van der Waals surface area contributed by atoms with Crippen molar-refractivity contribution in [2.24, 2.45) is 5.92 Å². The van der Waals surface area contributed by atoms with Crippen LogP contribution in [0.1, 0.15) is 31.2 Å². The first-order valence-electron chi connectivity index (χ1n) is 10.9. The number of hydrogen-bond donors (Lipinski definition) is 1. The van der Waals surface area contributed by atoms with Crippen molar-refractivity contribution < 1.29 is 9.18 Å². The van der Waals surface area contributed by atoms with Gasteiger partial charge in [-0.3, -0.25) is 4.79 Å². The minimum absolute atomic E-state index is 0.0324. The fourth-order valence-electron chi connectivity index (χ4n) is 3.86. The minimum Gasteiger partial charge on any atom is -0.355 e. The molecule has 0 bridgehead atoms. The molecule has 7 heteroatoms. The predicted molar refractivity (Wildman–Crippen MR) is 125 cm³/mol. The standard InChI is InChI=1S/C25H27FN4OS/c1-18(19-6-3-2-4-7-19)17-27-25(31)20-12-14-30(15-13-20)23-10-11-24(29-28-23)32-22-9-5-8-21(26)16-22/h2-11,16,18,20H,12-15,17H2,1H3,(H,27,31)/t18-/m0/s1. The van der Waals surface area contributed by atoms with E-state index in [1.165, 1.54) is 29.5 Å². The maximum atomic E-state index is 13.3. The number of amides is 1. The second-order valence-corrected chi connectivity index (χ2v) is 9.20. The third-order valence-corrected chi connectivity index (χ3v) is 6.70. The van der Waals surface area contributed by atoms with Crippen LogP contribution in [0.15, 0.2) is 76.7 Å². The Balaban J connectivity index is 1.24. The molecule has 1 aromatic heterocycles. The third kappa shape index (κ3) is 5.85. The van der Waals surface area contributed by atoms with Crippen LogP contribution in [0.25, 0.3) is 0 Å². The fraction of sp³-hybridized carbons (Fsp3) is 0.320. The molecule has 1 atom stereocenters. The van der Waals surface area contributed by atoms with E-state index in [4.69, 9.17) is 0 Å². The van der Waals surface area contributed by atoms with Gasteiger partial charge in [-0.1, -0.05) is 55.1 Å². The molecule has 0 unspecified atom stereocenters.